The van der Waals surface area contributed by atoms with Gasteiger partial charge in [-0.1, -0.05) is 72.3 Å². The van der Waals surface area contributed by atoms with Crippen LogP contribution in [0, 0.1) is 17.8 Å². The number of hydrogen-bond donors (Lipinski definition) is 4. The molecule has 7 nitrogen and oxygen atoms in total. The average Bonchev–Trinajstić information content (AvgIpc) is 3.12. The number of benzene rings is 3. The lowest BCUT2D eigenvalue weighted by Gasteiger charge is -2.38. The third-order valence-electron chi connectivity index (χ3n) is 11.9. The van der Waals surface area contributed by atoms with Crippen LogP contribution in [0.1, 0.15) is 138 Å². The predicted molar refractivity (Wildman–Crippen MR) is 207 cm³/mol. The molecule has 52 heavy (non-hydrogen) atoms. The molecule has 3 aliphatic rings. The molecular weight excluding hydrogens is 652 g/mol. The number of fused-ring (bicyclic) bond motifs is 5. The Balaban J connectivity index is 1.34. The van der Waals surface area contributed by atoms with Crippen LogP contribution in [-0.2, 0) is 19.3 Å². The summed E-state index contributed by atoms with van der Waals surface area (Å²) in [7, 11) is 1.71. The SMILES string of the molecule is CCCCCC(C)CCCC1Cc2cc(O)c(CC(C)C)cc2-c2c(OC)cc3c(c21)CC(O)C(c1ccc(O)c(OC2CCCC(CO)C2)c1)O3. The number of unbranched alkanes of at least 4 members (excludes halogenated alkanes) is 2. The quantitative estimate of drug-likeness (QED) is 0.116. The molecule has 1 aliphatic heterocycles. The summed E-state index contributed by atoms with van der Waals surface area (Å²) in [6, 6.07) is 11.4. The minimum atomic E-state index is -0.812. The fraction of sp³-hybridized carbons (Fsp3) is 0.600. The first-order chi connectivity index (χ1) is 25.1. The lowest BCUT2D eigenvalue weighted by molar-refractivity contribution is 0.0198. The largest absolute Gasteiger partial charge is 0.508 e. The minimum Gasteiger partial charge on any atom is -0.508 e. The summed E-state index contributed by atoms with van der Waals surface area (Å²) >= 11 is 0. The number of hydrogen-bond acceptors (Lipinski definition) is 7. The maximum absolute atomic E-state index is 11.8. The Kier molecular flexibility index (Phi) is 12.6. The molecule has 284 valence electrons. The van der Waals surface area contributed by atoms with Crippen molar-refractivity contribution in [2.24, 2.45) is 17.8 Å². The number of aliphatic hydroxyl groups excluding tert-OH is 2. The van der Waals surface area contributed by atoms with Crippen LogP contribution in [0.3, 0.4) is 0 Å². The molecule has 7 heteroatoms. The molecule has 0 aromatic heterocycles. The van der Waals surface area contributed by atoms with Crippen LogP contribution in [0.4, 0.5) is 0 Å². The monoisotopic (exact) mass is 714 g/mol. The van der Waals surface area contributed by atoms with E-state index in [-0.39, 0.29) is 30.3 Å². The highest BCUT2D eigenvalue weighted by Crippen LogP contribution is 2.54. The summed E-state index contributed by atoms with van der Waals surface area (Å²) in [4.78, 5) is 0. The highest BCUT2D eigenvalue weighted by molar-refractivity contribution is 5.83. The molecular formula is C45H62O7. The fourth-order valence-corrected chi connectivity index (χ4v) is 9.11. The second-order valence-corrected chi connectivity index (χ2v) is 16.5. The Hall–Kier alpha value is -3.42. The van der Waals surface area contributed by atoms with Crippen molar-refractivity contribution in [2.75, 3.05) is 13.7 Å². The van der Waals surface area contributed by atoms with Gasteiger partial charge in [-0.05, 0) is 121 Å². The van der Waals surface area contributed by atoms with Crippen LogP contribution in [0.5, 0.6) is 28.7 Å². The Morgan fingerprint density at radius 2 is 1.73 bits per heavy atom. The first-order valence-electron chi connectivity index (χ1n) is 20.1. The molecule has 2 aliphatic carbocycles. The standard InChI is InChI=1S/C45H62O7/c1-6-7-8-11-28(4)12-9-14-30-20-32-22-38(48)33(18-27(2)3)21-35(32)44-42(50-5)25-40-36(43(30)44)24-39(49)45(52-40)31-16-17-37(47)41(23-31)51-34-15-10-13-29(19-34)26-46/h16-17,21-23,25,27-30,34,39,45-49H,6-15,18-20,24,26H2,1-5H3. The maximum atomic E-state index is 11.8. The zero-order valence-electron chi connectivity index (χ0n) is 32.1. The molecule has 6 rings (SSSR count). The summed E-state index contributed by atoms with van der Waals surface area (Å²) in [5, 5.41) is 43.4. The fourth-order valence-electron chi connectivity index (χ4n) is 9.11. The van der Waals surface area contributed by atoms with Gasteiger partial charge >= 0.3 is 0 Å². The zero-order chi connectivity index (χ0) is 36.9. The Morgan fingerprint density at radius 3 is 2.48 bits per heavy atom. The van der Waals surface area contributed by atoms with Crippen LogP contribution >= 0.6 is 0 Å². The van der Waals surface area contributed by atoms with E-state index in [4.69, 9.17) is 14.2 Å². The van der Waals surface area contributed by atoms with Crippen molar-refractivity contribution in [2.45, 2.75) is 142 Å². The van der Waals surface area contributed by atoms with E-state index in [1.54, 1.807) is 25.3 Å². The van der Waals surface area contributed by atoms with Crippen molar-refractivity contribution in [3.63, 3.8) is 0 Å². The first kappa shape index (κ1) is 38.3. The second-order valence-electron chi connectivity index (χ2n) is 16.5. The smallest absolute Gasteiger partial charge is 0.161 e. The second kappa shape index (κ2) is 17.2. The van der Waals surface area contributed by atoms with Crippen molar-refractivity contribution >= 4 is 0 Å². The number of rotatable bonds is 15. The Bertz CT molecular complexity index is 1660. The van der Waals surface area contributed by atoms with E-state index in [1.165, 1.54) is 37.7 Å². The first-order valence-corrected chi connectivity index (χ1v) is 20.1. The van der Waals surface area contributed by atoms with Gasteiger partial charge in [0, 0.05) is 30.2 Å². The normalized spacial score (nSPS) is 23.0. The summed E-state index contributed by atoms with van der Waals surface area (Å²) in [5.74, 6) is 3.76. The van der Waals surface area contributed by atoms with Gasteiger partial charge in [-0.15, -0.1) is 0 Å². The molecule has 6 atom stereocenters. The van der Waals surface area contributed by atoms with Crippen LogP contribution in [0.15, 0.2) is 36.4 Å². The number of phenols is 2. The Morgan fingerprint density at radius 1 is 0.923 bits per heavy atom. The molecule has 0 saturated heterocycles. The van der Waals surface area contributed by atoms with Crippen LogP contribution in [0.2, 0.25) is 0 Å². The van der Waals surface area contributed by atoms with E-state index in [1.807, 2.05) is 12.1 Å². The van der Waals surface area contributed by atoms with Crippen molar-refractivity contribution in [1.29, 1.82) is 0 Å². The molecule has 4 N–H and O–H groups in total. The predicted octanol–water partition coefficient (Wildman–Crippen LogP) is 9.97. The van der Waals surface area contributed by atoms with E-state index in [2.05, 4.69) is 33.8 Å². The van der Waals surface area contributed by atoms with Gasteiger partial charge in [-0.3, -0.25) is 0 Å². The van der Waals surface area contributed by atoms with Gasteiger partial charge in [0.05, 0.1) is 19.3 Å². The van der Waals surface area contributed by atoms with E-state index < -0.39 is 12.2 Å². The van der Waals surface area contributed by atoms with E-state index in [9.17, 15) is 20.4 Å². The maximum Gasteiger partial charge on any atom is 0.161 e. The molecule has 0 bridgehead atoms. The van der Waals surface area contributed by atoms with Crippen LogP contribution in [0.25, 0.3) is 11.1 Å². The van der Waals surface area contributed by atoms with Gasteiger partial charge in [-0.25, -0.2) is 0 Å². The van der Waals surface area contributed by atoms with Crippen LogP contribution in [-0.4, -0.2) is 46.4 Å². The topological polar surface area (TPSA) is 109 Å². The molecule has 1 heterocycles. The lowest BCUT2D eigenvalue weighted by Crippen LogP contribution is -2.32. The third-order valence-corrected chi connectivity index (χ3v) is 11.9. The highest BCUT2D eigenvalue weighted by Gasteiger charge is 2.38. The van der Waals surface area contributed by atoms with Crippen molar-refractivity contribution in [3.05, 3.63) is 64.2 Å². The summed E-state index contributed by atoms with van der Waals surface area (Å²) < 4.78 is 19.2. The molecule has 0 amide bonds. The van der Waals surface area contributed by atoms with Crippen molar-refractivity contribution < 1.29 is 34.6 Å². The van der Waals surface area contributed by atoms with Crippen LogP contribution < -0.4 is 14.2 Å². The number of ether oxygens (including phenoxy) is 3. The molecule has 3 aromatic rings. The van der Waals surface area contributed by atoms with E-state index in [0.29, 0.717) is 29.8 Å². The summed E-state index contributed by atoms with van der Waals surface area (Å²) in [6.07, 6.45) is 12.5. The molecule has 6 unspecified atom stereocenters. The van der Waals surface area contributed by atoms with Gasteiger partial charge in [0.2, 0.25) is 0 Å². The Labute approximate surface area is 311 Å². The number of methoxy groups -OCH3 is 1. The van der Waals surface area contributed by atoms with Gasteiger partial charge < -0.3 is 34.6 Å². The zero-order valence-corrected chi connectivity index (χ0v) is 32.1. The highest BCUT2D eigenvalue weighted by atomic mass is 16.5. The lowest BCUT2D eigenvalue weighted by atomic mass is 9.72. The number of phenolic OH excluding ortho intramolecular Hbond substituents is 2. The van der Waals surface area contributed by atoms with Gasteiger partial charge in [0.15, 0.2) is 11.5 Å². The molecule has 0 spiro atoms. The molecule has 1 fully saturated rings. The minimum absolute atomic E-state index is 0.0559. The number of aliphatic hydroxyl groups is 2. The molecule has 3 aromatic carbocycles. The summed E-state index contributed by atoms with van der Waals surface area (Å²) in [5.41, 5.74) is 7.26. The third kappa shape index (κ3) is 8.52. The van der Waals surface area contributed by atoms with E-state index >= 15 is 0 Å². The van der Waals surface area contributed by atoms with Gasteiger partial charge in [0.1, 0.15) is 23.4 Å². The summed E-state index contributed by atoms with van der Waals surface area (Å²) in [6.45, 7) is 9.12. The average molecular weight is 715 g/mol. The van der Waals surface area contributed by atoms with Crippen molar-refractivity contribution in [3.8, 4) is 39.9 Å². The number of aromatic hydroxyl groups is 2. The van der Waals surface area contributed by atoms with E-state index in [0.717, 1.165) is 96.2 Å². The molecule has 0 radical (unpaired) electrons. The van der Waals surface area contributed by atoms with Gasteiger partial charge in [0.25, 0.3) is 0 Å². The molecule has 1 saturated carbocycles. The van der Waals surface area contributed by atoms with Crippen molar-refractivity contribution in [1.82, 2.24) is 0 Å². The van der Waals surface area contributed by atoms with Gasteiger partial charge in [-0.2, -0.15) is 0 Å².